The normalized spacial score (nSPS) is 15.8. The molecule has 1 aliphatic rings. The van der Waals surface area contributed by atoms with Crippen molar-refractivity contribution in [1.82, 2.24) is 10.6 Å². The maximum Gasteiger partial charge on any atom is 0.343 e. The first-order valence-electron chi connectivity index (χ1n) is 8.92. The summed E-state index contributed by atoms with van der Waals surface area (Å²) < 4.78 is 10.1. The van der Waals surface area contributed by atoms with Gasteiger partial charge < -0.3 is 25.4 Å². The minimum absolute atomic E-state index is 0.200. The van der Waals surface area contributed by atoms with E-state index in [4.69, 9.17) is 17.0 Å². The Morgan fingerprint density at radius 2 is 1.90 bits per heavy atom. The summed E-state index contributed by atoms with van der Waals surface area (Å²) in [5.41, 5.74) is 2.63. The standard InChI is InChI=1S/C21H21N3O4S/c1-13-18(20(26)23-15-8-4-3-5-9-15)19(24-21(29)22-13)14-7-6-10-16(11-14)28-12-17(25)27-2/h3-11,19H,12H2,1-2H3,(H,23,26)(H2,22,24,29)/t19-/m1/s1. The predicted octanol–water partition coefficient (Wildman–Crippen LogP) is 2.67. The van der Waals surface area contributed by atoms with Gasteiger partial charge >= 0.3 is 5.97 Å². The molecule has 0 saturated carbocycles. The van der Waals surface area contributed by atoms with Gasteiger partial charge in [-0.3, -0.25) is 4.79 Å². The molecule has 2 aromatic carbocycles. The molecule has 8 heteroatoms. The molecule has 0 unspecified atom stereocenters. The van der Waals surface area contributed by atoms with E-state index in [1.54, 1.807) is 25.1 Å². The highest BCUT2D eigenvalue weighted by molar-refractivity contribution is 7.80. The fourth-order valence-electron chi connectivity index (χ4n) is 2.95. The zero-order valence-corrected chi connectivity index (χ0v) is 16.8. The van der Waals surface area contributed by atoms with Gasteiger partial charge in [-0.1, -0.05) is 30.3 Å². The van der Waals surface area contributed by atoms with E-state index in [2.05, 4.69) is 20.7 Å². The highest BCUT2D eigenvalue weighted by Gasteiger charge is 2.30. The van der Waals surface area contributed by atoms with Crippen LogP contribution in [0.1, 0.15) is 18.5 Å². The van der Waals surface area contributed by atoms with Gasteiger partial charge in [0, 0.05) is 11.4 Å². The Kier molecular flexibility index (Phi) is 6.46. The lowest BCUT2D eigenvalue weighted by Gasteiger charge is -2.30. The molecule has 0 fully saturated rings. The smallest absolute Gasteiger partial charge is 0.343 e. The van der Waals surface area contributed by atoms with Crippen molar-refractivity contribution in [3.63, 3.8) is 0 Å². The molecule has 29 heavy (non-hydrogen) atoms. The van der Waals surface area contributed by atoms with E-state index in [1.165, 1.54) is 7.11 Å². The number of hydrogen-bond donors (Lipinski definition) is 3. The molecule has 1 aliphatic heterocycles. The quantitative estimate of drug-likeness (QED) is 0.497. The minimum Gasteiger partial charge on any atom is -0.482 e. The molecule has 2 aromatic rings. The van der Waals surface area contributed by atoms with Crippen LogP contribution in [0, 0.1) is 0 Å². The number of esters is 1. The van der Waals surface area contributed by atoms with Crippen LogP contribution < -0.4 is 20.7 Å². The number of carbonyl (C=O) groups excluding carboxylic acids is 2. The van der Waals surface area contributed by atoms with E-state index in [0.29, 0.717) is 27.8 Å². The van der Waals surface area contributed by atoms with Crippen molar-refractivity contribution in [3.8, 4) is 5.75 Å². The molecule has 1 amide bonds. The SMILES string of the molecule is COC(=O)COc1cccc([C@H]2NC(=S)NC(C)=C2C(=O)Nc2ccccc2)c1. The van der Waals surface area contributed by atoms with E-state index >= 15 is 0 Å². The molecular weight excluding hydrogens is 390 g/mol. The molecule has 0 bridgehead atoms. The molecule has 0 radical (unpaired) electrons. The van der Waals surface area contributed by atoms with Crippen LogP contribution in [0.2, 0.25) is 0 Å². The molecule has 3 rings (SSSR count). The topological polar surface area (TPSA) is 88.7 Å². The Morgan fingerprint density at radius 3 is 2.62 bits per heavy atom. The van der Waals surface area contributed by atoms with Crippen molar-refractivity contribution >= 4 is 34.9 Å². The Morgan fingerprint density at radius 1 is 1.14 bits per heavy atom. The number of ether oxygens (including phenoxy) is 2. The number of benzene rings is 2. The van der Waals surface area contributed by atoms with Gasteiger partial charge in [0.05, 0.1) is 18.7 Å². The molecule has 0 spiro atoms. The number of amides is 1. The number of anilines is 1. The number of allylic oxidation sites excluding steroid dienone is 1. The third-order valence-corrected chi connectivity index (χ3v) is 4.54. The third-order valence-electron chi connectivity index (χ3n) is 4.32. The molecule has 1 atom stereocenters. The molecule has 0 aliphatic carbocycles. The summed E-state index contributed by atoms with van der Waals surface area (Å²) in [6, 6.07) is 15.9. The number of thiocarbonyl (C=S) groups is 1. The first kappa shape index (κ1) is 20.3. The van der Waals surface area contributed by atoms with Crippen LogP contribution in [0.4, 0.5) is 5.69 Å². The largest absolute Gasteiger partial charge is 0.482 e. The Balaban J connectivity index is 1.87. The molecule has 7 nitrogen and oxygen atoms in total. The van der Waals surface area contributed by atoms with Crippen LogP contribution in [0.25, 0.3) is 0 Å². The summed E-state index contributed by atoms with van der Waals surface area (Å²) in [6.07, 6.45) is 0. The van der Waals surface area contributed by atoms with Crippen molar-refractivity contribution in [1.29, 1.82) is 0 Å². The number of hydrogen-bond acceptors (Lipinski definition) is 5. The Labute approximate surface area is 174 Å². The third kappa shape index (κ3) is 5.11. The highest BCUT2D eigenvalue weighted by atomic mass is 32.1. The lowest BCUT2D eigenvalue weighted by atomic mass is 9.94. The van der Waals surface area contributed by atoms with Gasteiger partial charge in [0.1, 0.15) is 5.75 Å². The highest BCUT2D eigenvalue weighted by Crippen LogP contribution is 2.29. The maximum absolute atomic E-state index is 13.0. The zero-order valence-electron chi connectivity index (χ0n) is 16.0. The lowest BCUT2D eigenvalue weighted by Crippen LogP contribution is -2.45. The Bertz CT molecular complexity index is 959. The number of para-hydroxylation sites is 1. The predicted molar refractivity (Wildman–Crippen MR) is 113 cm³/mol. The van der Waals surface area contributed by atoms with Crippen LogP contribution in [0.5, 0.6) is 5.75 Å². The van der Waals surface area contributed by atoms with Crippen molar-refractivity contribution in [3.05, 3.63) is 71.4 Å². The zero-order chi connectivity index (χ0) is 20.8. The second kappa shape index (κ2) is 9.20. The fraction of sp³-hybridized carbons (Fsp3) is 0.190. The van der Waals surface area contributed by atoms with Crippen molar-refractivity contribution in [2.24, 2.45) is 0 Å². The van der Waals surface area contributed by atoms with Crippen LogP contribution >= 0.6 is 12.2 Å². The van der Waals surface area contributed by atoms with Crippen LogP contribution in [0.3, 0.4) is 0 Å². The van der Waals surface area contributed by atoms with Gasteiger partial charge in [0.15, 0.2) is 11.7 Å². The maximum atomic E-state index is 13.0. The second-order valence-electron chi connectivity index (χ2n) is 6.33. The van der Waals surface area contributed by atoms with Gasteiger partial charge in [-0.05, 0) is 49.0 Å². The van der Waals surface area contributed by atoms with Gasteiger partial charge in [-0.2, -0.15) is 0 Å². The average Bonchev–Trinajstić information content (AvgIpc) is 2.72. The molecule has 3 N–H and O–H groups in total. The molecule has 0 saturated heterocycles. The number of rotatable bonds is 6. The van der Waals surface area contributed by atoms with Gasteiger partial charge in [-0.25, -0.2) is 4.79 Å². The second-order valence-corrected chi connectivity index (χ2v) is 6.74. The van der Waals surface area contributed by atoms with Gasteiger partial charge in [0.2, 0.25) is 0 Å². The summed E-state index contributed by atoms with van der Waals surface area (Å²) >= 11 is 5.28. The van der Waals surface area contributed by atoms with E-state index < -0.39 is 12.0 Å². The fourth-order valence-corrected chi connectivity index (χ4v) is 3.22. The average molecular weight is 411 g/mol. The van der Waals surface area contributed by atoms with Crippen molar-refractivity contribution in [2.45, 2.75) is 13.0 Å². The van der Waals surface area contributed by atoms with Crippen molar-refractivity contribution < 1.29 is 19.1 Å². The van der Waals surface area contributed by atoms with Gasteiger partial charge in [0.25, 0.3) is 5.91 Å². The molecule has 0 aromatic heterocycles. The monoisotopic (exact) mass is 411 g/mol. The Hall–Kier alpha value is -3.39. The lowest BCUT2D eigenvalue weighted by molar-refractivity contribution is -0.142. The van der Waals surface area contributed by atoms with Crippen LogP contribution in [0.15, 0.2) is 65.9 Å². The summed E-state index contributed by atoms with van der Waals surface area (Å²) in [5, 5.41) is 9.47. The number of nitrogens with one attached hydrogen (secondary N) is 3. The molecule has 150 valence electrons. The minimum atomic E-state index is -0.478. The number of carbonyl (C=O) groups is 2. The first-order chi connectivity index (χ1) is 14.0. The van der Waals surface area contributed by atoms with E-state index in [9.17, 15) is 9.59 Å². The van der Waals surface area contributed by atoms with E-state index in [0.717, 1.165) is 5.56 Å². The van der Waals surface area contributed by atoms with E-state index in [-0.39, 0.29) is 12.5 Å². The van der Waals surface area contributed by atoms with E-state index in [1.807, 2.05) is 36.4 Å². The number of methoxy groups -OCH3 is 1. The molecule has 1 heterocycles. The summed E-state index contributed by atoms with van der Waals surface area (Å²) in [5.74, 6) is -0.239. The summed E-state index contributed by atoms with van der Waals surface area (Å²) in [7, 11) is 1.30. The summed E-state index contributed by atoms with van der Waals surface area (Å²) in [6.45, 7) is 1.60. The van der Waals surface area contributed by atoms with Crippen molar-refractivity contribution in [2.75, 3.05) is 19.0 Å². The first-order valence-corrected chi connectivity index (χ1v) is 9.33. The molecular formula is C21H21N3O4S. The van der Waals surface area contributed by atoms with Crippen LogP contribution in [-0.4, -0.2) is 30.7 Å². The van der Waals surface area contributed by atoms with Gasteiger partial charge in [-0.15, -0.1) is 0 Å². The summed E-state index contributed by atoms with van der Waals surface area (Å²) in [4.78, 5) is 24.3. The van der Waals surface area contributed by atoms with Crippen LogP contribution in [-0.2, 0) is 14.3 Å².